The number of anilines is 1. The van der Waals surface area contributed by atoms with Gasteiger partial charge in [-0.25, -0.2) is 9.37 Å². The highest BCUT2D eigenvalue weighted by Crippen LogP contribution is 2.22. The van der Waals surface area contributed by atoms with Gasteiger partial charge >= 0.3 is 0 Å². The molecule has 1 N–H and O–H groups in total. The van der Waals surface area contributed by atoms with Crippen molar-refractivity contribution in [2.45, 2.75) is 26.8 Å². The van der Waals surface area contributed by atoms with Crippen molar-refractivity contribution in [3.8, 4) is 5.69 Å². The molecule has 0 aliphatic carbocycles. The zero-order chi connectivity index (χ0) is 13.3. The Hall–Kier alpha value is -1.55. The first-order valence-electron chi connectivity index (χ1n) is 5.74. The summed E-state index contributed by atoms with van der Waals surface area (Å²) in [6, 6.07) is 4.66. The lowest BCUT2D eigenvalue weighted by molar-refractivity contribution is 0.626. The standard InChI is InChI=1S/C13H15ClFN3/c1-8(2)16-13-17-9(3)7-18(13)12-5-10(14)4-11(15)6-12/h4-8H,1-3H3,(H,16,17). The van der Waals surface area contributed by atoms with Crippen molar-refractivity contribution in [3.63, 3.8) is 0 Å². The lowest BCUT2D eigenvalue weighted by atomic mass is 10.3. The van der Waals surface area contributed by atoms with E-state index in [-0.39, 0.29) is 11.9 Å². The number of benzene rings is 1. The molecule has 0 unspecified atom stereocenters. The Balaban J connectivity index is 2.49. The van der Waals surface area contributed by atoms with Gasteiger partial charge in [0.05, 0.1) is 11.4 Å². The maximum absolute atomic E-state index is 13.4. The maximum Gasteiger partial charge on any atom is 0.207 e. The minimum Gasteiger partial charge on any atom is -0.353 e. The van der Waals surface area contributed by atoms with Crippen LogP contribution in [0.25, 0.3) is 5.69 Å². The predicted molar refractivity (Wildman–Crippen MR) is 72.0 cm³/mol. The van der Waals surface area contributed by atoms with Gasteiger partial charge in [0.15, 0.2) is 0 Å². The van der Waals surface area contributed by atoms with Crippen molar-refractivity contribution >= 4 is 17.5 Å². The van der Waals surface area contributed by atoms with Crippen LogP contribution < -0.4 is 5.32 Å². The van der Waals surface area contributed by atoms with Crippen LogP contribution in [0.5, 0.6) is 0 Å². The number of hydrogen-bond acceptors (Lipinski definition) is 2. The van der Waals surface area contributed by atoms with Crippen LogP contribution in [-0.2, 0) is 0 Å². The number of aromatic nitrogens is 2. The maximum atomic E-state index is 13.4. The fraction of sp³-hybridized carbons (Fsp3) is 0.308. The Labute approximate surface area is 111 Å². The first-order chi connectivity index (χ1) is 8.45. The molecule has 3 nitrogen and oxygen atoms in total. The molecule has 0 amide bonds. The van der Waals surface area contributed by atoms with Crippen LogP contribution in [0, 0.1) is 12.7 Å². The molecule has 0 fully saturated rings. The summed E-state index contributed by atoms with van der Waals surface area (Å²) in [5, 5.41) is 3.59. The number of imidazole rings is 1. The van der Waals surface area contributed by atoms with Gasteiger partial charge in [0.1, 0.15) is 5.82 Å². The minimum atomic E-state index is -0.362. The molecule has 0 bridgehead atoms. The second-order valence-corrected chi connectivity index (χ2v) is 4.94. The third kappa shape index (κ3) is 2.82. The summed E-state index contributed by atoms with van der Waals surface area (Å²) < 4.78 is 15.2. The van der Waals surface area contributed by atoms with Gasteiger partial charge in [0.2, 0.25) is 5.95 Å². The molecule has 0 saturated carbocycles. The van der Waals surface area contributed by atoms with Gasteiger partial charge in [-0.05, 0) is 39.0 Å². The highest BCUT2D eigenvalue weighted by atomic mass is 35.5. The SMILES string of the molecule is Cc1cn(-c2cc(F)cc(Cl)c2)c(NC(C)C)n1. The lowest BCUT2D eigenvalue weighted by Crippen LogP contribution is -2.14. The highest BCUT2D eigenvalue weighted by molar-refractivity contribution is 6.30. The van der Waals surface area contributed by atoms with Gasteiger partial charge in [-0.3, -0.25) is 4.57 Å². The Bertz CT molecular complexity index is 543. The number of aryl methyl sites for hydroxylation is 1. The van der Waals surface area contributed by atoms with Gasteiger partial charge in [-0.15, -0.1) is 0 Å². The number of nitrogens with one attached hydrogen (secondary N) is 1. The largest absolute Gasteiger partial charge is 0.353 e. The van der Waals surface area contributed by atoms with Crippen LogP contribution >= 0.6 is 11.6 Å². The second-order valence-electron chi connectivity index (χ2n) is 4.50. The van der Waals surface area contributed by atoms with Gasteiger partial charge < -0.3 is 5.32 Å². The van der Waals surface area contributed by atoms with E-state index in [2.05, 4.69) is 10.3 Å². The van der Waals surface area contributed by atoms with Crippen molar-refractivity contribution in [3.05, 3.63) is 40.9 Å². The van der Waals surface area contributed by atoms with E-state index >= 15 is 0 Å². The summed E-state index contributed by atoms with van der Waals surface area (Å²) in [4.78, 5) is 4.37. The molecule has 0 aliphatic rings. The van der Waals surface area contributed by atoms with Crippen LogP contribution in [0.2, 0.25) is 5.02 Å². The average Bonchev–Trinajstić information content (AvgIpc) is 2.56. The molecular formula is C13H15ClFN3. The zero-order valence-electron chi connectivity index (χ0n) is 10.5. The third-order valence-electron chi connectivity index (χ3n) is 2.37. The summed E-state index contributed by atoms with van der Waals surface area (Å²) in [6.07, 6.45) is 1.84. The smallest absolute Gasteiger partial charge is 0.207 e. The molecule has 0 spiro atoms. The fourth-order valence-corrected chi connectivity index (χ4v) is 1.95. The summed E-state index contributed by atoms with van der Waals surface area (Å²) in [7, 11) is 0. The monoisotopic (exact) mass is 267 g/mol. The zero-order valence-corrected chi connectivity index (χ0v) is 11.3. The summed E-state index contributed by atoms with van der Waals surface area (Å²) in [5.41, 5.74) is 1.52. The molecule has 5 heteroatoms. The number of nitrogens with zero attached hydrogens (tertiary/aromatic N) is 2. The van der Waals surface area contributed by atoms with E-state index in [0.717, 1.165) is 5.69 Å². The molecule has 0 atom stereocenters. The number of rotatable bonds is 3. The van der Waals surface area contributed by atoms with E-state index in [1.165, 1.54) is 12.1 Å². The Morgan fingerprint density at radius 3 is 2.67 bits per heavy atom. The van der Waals surface area contributed by atoms with E-state index in [4.69, 9.17) is 11.6 Å². The number of halogens is 2. The van der Waals surface area contributed by atoms with Gasteiger partial charge in [-0.2, -0.15) is 0 Å². The van der Waals surface area contributed by atoms with E-state index in [9.17, 15) is 4.39 Å². The average molecular weight is 268 g/mol. The molecule has 0 aliphatic heterocycles. The van der Waals surface area contributed by atoms with E-state index in [1.54, 1.807) is 10.6 Å². The van der Waals surface area contributed by atoms with Crippen LogP contribution in [0.3, 0.4) is 0 Å². The summed E-state index contributed by atoms with van der Waals surface area (Å²) in [6.45, 7) is 5.93. The molecule has 1 heterocycles. The van der Waals surface area contributed by atoms with Crippen LogP contribution in [0.4, 0.5) is 10.3 Å². The van der Waals surface area contributed by atoms with Gasteiger partial charge in [-0.1, -0.05) is 11.6 Å². The molecule has 0 saturated heterocycles. The first kappa shape index (κ1) is 12.9. The summed E-state index contributed by atoms with van der Waals surface area (Å²) >= 11 is 5.87. The highest BCUT2D eigenvalue weighted by Gasteiger charge is 2.10. The molecule has 1 aromatic heterocycles. The third-order valence-corrected chi connectivity index (χ3v) is 2.59. The molecule has 96 valence electrons. The normalized spacial score (nSPS) is 11.0. The van der Waals surface area contributed by atoms with Crippen molar-refractivity contribution in [1.29, 1.82) is 0 Å². The van der Waals surface area contributed by atoms with Gasteiger partial charge in [0, 0.05) is 17.3 Å². The summed E-state index contributed by atoms with van der Waals surface area (Å²) in [5.74, 6) is 0.323. The second kappa shape index (κ2) is 4.98. The molecule has 0 radical (unpaired) electrons. The topological polar surface area (TPSA) is 29.9 Å². The predicted octanol–water partition coefficient (Wildman–Crippen LogP) is 3.79. The van der Waals surface area contributed by atoms with Crippen molar-refractivity contribution in [2.75, 3.05) is 5.32 Å². The Kier molecular flexibility index (Phi) is 3.57. The van der Waals surface area contributed by atoms with Crippen molar-refractivity contribution in [1.82, 2.24) is 9.55 Å². The first-order valence-corrected chi connectivity index (χ1v) is 6.12. The van der Waals surface area contributed by atoms with Gasteiger partial charge in [0.25, 0.3) is 0 Å². The van der Waals surface area contributed by atoms with Crippen molar-refractivity contribution in [2.24, 2.45) is 0 Å². The van der Waals surface area contributed by atoms with E-state index in [0.29, 0.717) is 16.7 Å². The Morgan fingerprint density at radius 2 is 2.06 bits per heavy atom. The minimum absolute atomic E-state index is 0.245. The lowest BCUT2D eigenvalue weighted by Gasteiger charge is -2.12. The van der Waals surface area contributed by atoms with E-state index in [1.807, 2.05) is 27.0 Å². The van der Waals surface area contributed by atoms with Crippen molar-refractivity contribution < 1.29 is 4.39 Å². The Morgan fingerprint density at radius 1 is 1.33 bits per heavy atom. The quantitative estimate of drug-likeness (QED) is 0.917. The van der Waals surface area contributed by atoms with E-state index < -0.39 is 0 Å². The number of hydrogen-bond donors (Lipinski definition) is 1. The molecule has 1 aromatic carbocycles. The molecule has 18 heavy (non-hydrogen) atoms. The van der Waals surface area contributed by atoms with Crippen LogP contribution in [-0.4, -0.2) is 15.6 Å². The fourth-order valence-electron chi connectivity index (χ4n) is 1.73. The van der Waals surface area contributed by atoms with Crippen LogP contribution in [0.1, 0.15) is 19.5 Å². The molecule has 2 rings (SSSR count). The molecule has 2 aromatic rings. The van der Waals surface area contributed by atoms with Crippen LogP contribution in [0.15, 0.2) is 24.4 Å². The molecular weight excluding hydrogens is 253 g/mol.